The summed E-state index contributed by atoms with van der Waals surface area (Å²) in [5, 5.41) is 11.4. The Morgan fingerprint density at radius 1 is 1.30 bits per heavy atom. The van der Waals surface area contributed by atoms with Gasteiger partial charge in [-0.05, 0) is 31.4 Å². The number of aryl methyl sites for hydroxylation is 1. The predicted octanol–water partition coefficient (Wildman–Crippen LogP) is 3.33. The maximum Gasteiger partial charge on any atom is 0.389 e. The zero-order valence-corrected chi connectivity index (χ0v) is 12.6. The molecule has 0 aliphatic rings. The van der Waals surface area contributed by atoms with E-state index < -0.39 is 30.5 Å². The third-order valence-corrected chi connectivity index (χ3v) is 3.15. The van der Waals surface area contributed by atoms with Crippen molar-refractivity contribution in [2.75, 3.05) is 0 Å². The van der Waals surface area contributed by atoms with Gasteiger partial charge in [-0.2, -0.15) is 13.2 Å². The minimum atomic E-state index is -4.32. The van der Waals surface area contributed by atoms with Crippen LogP contribution >= 0.6 is 0 Å². The van der Waals surface area contributed by atoms with E-state index in [2.05, 4.69) is 5.32 Å². The summed E-state index contributed by atoms with van der Waals surface area (Å²) in [6.07, 6.45) is -2.35. The molecule has 0 aliphatic carbocycles. The van der Waals surface area contributed by atoms with Gasteiger partial charge in [-0.25, -0.2) is 4.79 Å². The lowest BCUT2D eigenvalue weighted by molar-refractivity contribution is -0.139. The number of hydrogen-bond donors (Lipinski definition) is 2. The number of amides is 1. The number of carbonyl (C=O) groups is 2. The van der Waals surface area contributed by atoms with Gasteiger partial charge >= 0.3 is 12.1 Å². The molecule has 1 aromatic carbocycles. The van der Waals surface area contributed by atoms with Gasteiger partial charge in [-0.15, -0.1) is 0 Å². The van der Waals surface area contributed by atoms with Gasteiger partial charge < -0.3 is 10.4 Å². The molecule has 1 amide bonds. The average molecular weight is 329 g/mol. The van der Waals surface area contributed by atoms with Gasteiger partial charge in [0.25, 0.3) is 5.91 Å². The number of hydrogen-bond acceptors (Lipinski definition) is 2. The van der Waals surface area contributed by atoms with Crippen LogP contribution in [0.15, 0.2) is 36.4 Å². The number of alkyl halides is 3. The minimum Gasteiger partial charge on any atom is -0.480 e. The van der Waals surface area contributed by atoms with Crippen LogP contribution in [0.5, 0.6) is 0 Å². The summed E-state index contributed by atoms with van der Waals surface area (Å²) in [5.41, 5.74) is 0.293. The Kier molecular flexibility index (Phi) is 6.81. The average Bonchev–Trinajstić information content (AvgIpc) is 2.48. The van der Waals surface area contributed by atoms with E-state index in [1.807, 2.05) is 0 Å². The molecule has 23 heavy (non-hydrogen) atoms. The summed E-state index contributed by atoms with van der Waals surface area (Å²) in [6, 6.07) is 4.75. The van der Waals surface area contributed by atoms with Gasteiger partial charge in [-0.1, -0.05) is 30.4 Å². The molecule has 4 nitrogen and oxygen atoms in total. The van der Waals surface area contributed by atoms with Crippen LogP contribution in [0.1, 0.15) is 35.7 Å². The van der Waals surface area contributed by atoms with Crippen LogP contribution in [0.3, 0.4) is 0 Å². The van der Waals surface area contributed by atoms with Gasteiger partial charge in [-0.3, -0.25) is 4.79 Å². The van der Waals surface area contributed by atoms with Crippen molar-refractivity contribution >= 4 is 11.9 Å². The third kappa shape index (κ3) is 6.54. The van der Waals surface area contributed by atoms with E-state index >= 15 is 0 Å². The molecule has 0 fully saturated rings. The first-order chi connectivity index (χ1) is 10.7. The molecule has 126 valence electrons. The summed E-state index contributed by atoms with van der Waals surface area (Å²) in [4.78, 5) is 23.3. The van der Waals surface area contributed by atoms with Crippen LogP contribution < -0.4 is 5.32 Å². The smallest absolute Gasteiger partial charge is 0.389 e. The predicted molar refractivity (Wildman–Crippen MR) is 79.1 cm³/mol. The molecule has 0 aliphatic heterocycles. The highest BCUT2D eigenvalue weighted by Gasteiger charge is 2.28. The van der Waals surface area contributed by atoms with Crippen molar-refractivity contribution < 1.29 is 27.9 Å². The van der Waals surface area contributed by atoms with Crippen LogP contribution in [0, 0.1) is 0 Å². The van der Waals surface area contributed by atoms with E-state index in [0.717, 1.165) is 0 Å². The van der Waals surface area contributed by atoms with Crippen LogP contribution in [-0.2, 0) is 11.2 Å². The number of rotatable bonds is 7. The van der Waals surface area contributed by atoms with Crippen molar-refractivity contribution in [1.29, 1.82) is 0 Å². The fourth-order valence-electron chi connectivity index (χ4n) is 1.97. The summed E-state index contributed by atoms with van der Waals surface area (Å²) < 4.78 is 37.0. The van der Waals surface area contributed by atoms with Crippen LogP contribution in [-0.4, -0.2) is 29.2 Å². The lowest BCUT2D eigenvalue weighted by atomic mass is 10.0. The normalized spacial score (nSPS) is 13.0. The van der Waals surface area contributed by atoms with Gasteiger partial charge in [0.2, 0.25) is 0 Å². The highest BCUT2D eigenvalue weighted by Crippen LogP contribution is 2.23. The highest BCUT2D eigenvalue weighted by molar-refractivity contribution is 5.97. The van der Waals surface area contributed by atoms with E-state index in [4.69, 9.17) is 5.11 Å². The number of carboxylic acids is 1. The topological polar surface area (TPSA) is 66.4 Å². The van der Waals surface area contributed by atoms with Crippen molar-refractivity contribution in [2.24, 2.45) is 0 Å². The van der Waals surface area contributed by atoms with Crippen LogP contribution in [0.25, 0.3) is 0 Å². The second kappa shape index (κ2) is 8.36. The van der Waals surface area contributed by atoms with Crippen molar-refractivity contribution in [3.8, 4) is 0 Å². The van der Waals surface area contributed by atoms with Crippen molar-refractivity contribution in [3.05, 3.63) is 47.5 Å². The van der Waals surface area contributed by atoms with Gasteiger partial charge in [0.1, 0.15) is 6.04 Å². The van der Waals surface area contributed by atoms with E-state index in [1.54, 1.807) is 19.1 Å². The van der Waals surface area contributed by atoms with E-state index in [9.17, 15) is 22.8 Å². The SMILES string of the molecule is C/C=C/CC(NC(=O)c1ccccc1CCC(F)(F)F)C(=O)O. The molecule has 1 atom stereocenters. The molecule has 0 heterocycles. The first-order valence-corrected chi connectivity index (χ1v) is 7.04. The Morgan fingerprint density at radius 3 is 2.52 bits per heavy atom. The minimum absolute atomic E-state index is 0.0588. The lowest BCUT2D eigenvalue weighted by Gasteiger charge is -2.15. The first-order valence-electron chi connectivity index (χ1n) is 7.04. The molecule has 0 aromatic heterocycles. The fourth-order valence-corrected chi connectivity index (χ4v) is 1.97. The number of carboxylic acid groups (broad SMARTS) is 1. The molecule has 7 heteroatoms. The van der Waals surface area contributed by atoms with Crippen molar-refractivity contribution in [1.82, 2.24) is 5.32 Å². The quantitative estimate of drug-likeness (QED) is 0.754. The molecule has 0 saturated carbocycles. The maximum atomic E-state index is 12.3. The molecular weight excluding hydrogens is 311 g/mol. The molecule has 1 rings (SSSR count). The Balaban J connectivity index is 2.88. The molecule has 2 N–H and O–H groups in total. The second-order valence-electron chi connectivity index (χ2n) is 4.94. The molecule has 0 radical (unpaired) electrons. The van der Waals surface area contributed by atoms with Gasteiger partial charge in [0.05, 0.1) is 0 Å². The zero-order chi connectivity index (χ0) is 17.5. The summed E-state index contributed by atoms with van der Waals surface area (Å²) in [5.74, 6) is -1.90. The number of nitrogens with one attached hydrogen (secondary N) is 1. The zero-order valence-electron chi connectivity index (χ0n) is 12.6. The van der Waals surface area contributed by atoms with E-state index in [1.165, 1.54) is 24.3 Å². The largest absolute Gasteiger partial charge is 0.480 e. The third-order valence-electron chi connectivity index (χ3n) is 3.15. The molecule has 1 unspecified atom stereocenters. The van der Waals surface area contributed by atoms with E-state index in [-0.39, 0.29) is 24.0 Å². The van der Waals surface area contributed by atoms with Gasteiger partial charge in [0.15, 0.2) is 0 Å². The summed E-state index contributed by atoms with van der Waals surface area (Å²) in [7, 11) is 0. The van der Waals surface area contributed by atoms with E-state index in [0.29, 0.717) is 0 Å². The monoisotopic (exact) mass is 329 g/mol. The standard InChI is InChI=1S/C16H18F3NO3/c1-2-3-8-13(15(22)23)20-14(21)12-7-5-4-6-11(12)9-10-16(17,18)19/h2-7,13H,8-10H2,1H3,(H,20,21)(H,22,23)/b3-2+. The Morgan fingerprint density at radius 2 is 1.96 bits per heavy atom. The molecule has 1 aromatic rings. The number of benzene rings is 1. The Bertz CT molecular complexity index is 582. The number of halogens is 3. The highest BCUT2D eigenvalue weighted by atomic mass is 19.4. The van der Waals surface area contributed by atoms with Crippen LogP contribution in [0.4, 0.5) is 13.2 Å². The molecular formula is C16H18F3NO3. The number of allylic oxidation sites excluding steroid dienone is 1. The second-order valence-corrected chi connectivity index (χ2v) is 4.94. The molecule has 0 saturated heterocycles. The Labute approximate surface area is 132 Å². The number of aliphatic carboxylic acids is 1. The first kappa shape index (κ1) is 18.7. The summed E-state index contributed by atoms with van der Waals surface area (Å²) >= 11 is 0. The molecule has 0 bridgehead atoms. The summed E-state index contributed by atoms with van der Waals surface area (Å²) in [6.45, 7) is 1.72. The fraction of sp³-hybridized carbons (Fsp3) is 0.375. The van der Waals surface area contributed by atoms with Crippen molar-refractivity contribution in [2.45, 2.75) is 38.4 Å². The Hall–Kier alpha value is -2.31. The van der Waals surface area contributed by atoms with Crippen molar-refractivity contribution in [3.63, 3.8) is 0 Å². The van der Waals surface area contributed by atoms with Crippen LogP contribution in [0.2, 0.25) is 0 Å². The van der Waals surface area contributed by atoms with Gasteiger partial charge in [0, 0.05) is 12.0 Å². The lowest BCUT2D eigenvalue weighted by Crippen LogP contribution is -2.40. The maximum absolute atomic E-state index is 12.3. The molecule has 0 spiro atoms. The number of carbonyl (C=O) groups excluding carboxylic acids is 1.